The van der Waals surface area contributed by atoms with Gasteiger partial charge in [0.25, 0.3) is 0 Å². The van der Waals surface area contributed by atoms with Crippen LogP contribution in [0.1, 0.15) is 5.56 Å². The van der Waals surface area contributed by atoms with E-state index in [9.17, 15) is 12.8 Å². The van der Waals surface area contributed by atoms with Gasteiger partial charge in [-0.2, -0.15) is 10.2 Å². The van der Waals surface area contributed by atoms with Crippen LogP contribution in [0.25, 0.3) is 0 Å². The van der Waals surface area contributed by atoms with Crippen molar-refractivity contribution >= 4 is 15.5 Å². The first-order chi connectivity index (χ1) is 9.45. The Kier molecular flexibility index (Phi) is 4.24. The summed E-state index contributed by atoms with van der Waals surface area (Å²) in [5, 5.41) is 7.94. The summed E-state index contributed by atoms with van der Waals surface area (Å²) in [6.45, 7) is 0.335. The van der Waals surface area contributed by atoms with E-state index in [-0.39, 0.29) is 10.7 Å². The summed E-state index contributed by atoms with van der Waals surface area (Å²) in [7, 11) is -3.18. The highest BCUT2D eigenvalue weighted by molar-refractivity contribution is 7.90. The van der Waals surface area contributed by atoms with Gasteiger partial charge >= 0.3 is 0 Å². The smallest absolute Gasteiger partial charge is 0.175 e. The van der Waals surface area contributed by atoms with Crippen LogP contribution in [0.15, 0.2) is 63.7 Å². The summed E-state index contributed by atoms with van der Waals surface area (Å²) in [4.78, 5) is 0.275. The normalized spacial score (nSPS) is 11.9. The number of azo groups is 1. The molecule has 0 aliphatic heterocycles. The molecule has 0 N–H and O–H groups in total. The number of hydrogen-bond donors (Lipinski definition) is 0. The van der Waals surface area contributed by atoms with Crippen LogP contribution in [0.3, 0.4) is 0 Å². The molecule has 2 aromatic carbocycles. The van der Waals surface area contributed by atoms with Crippen molar-refractivity contribution in [2.75, 3.05) is 6.26 Å². The van der Waals surface area contributed by atoms with Crippen molar-refractivity contribution in [1.82, 2.24) is 0 Å². The van der Waals surface area contributed by atoms with Crippen LogP contribution in [0.2, 0.25) is 0 Å². The summed E-state index contributed by atoms with van der Waals surface area (Å²) in [5.41, 5.74) is 1.42. The third-order valence-corrected chi connectivity index (χ3v) is 3.75. The zero-order valence-electron chi connectivity index (χ0n) is 10.8. The Hall–Kier alpha value is -2.08. The second-order valence-electron chi connectivity index (χ2n) is 4.29. The molecule has 0 bridgehead atoms. The first kappa shape index (κ1) is 14.3. The summed E-state index contributed by atoms with van der Waals surface area (Å²) >= 11 is 0. The zero-order valence-corrected chi connectivity index (χ0v) is 11.6. The maximum absolute atomic E-state index is 12.7. The first-order valence-corrected chi connectivity index (χ1v) is 7.76. The Morgan fingerprint density at radius 1 is 1.00 bits per heavy atom. The molecule has 6 heteroatoms. The molecule has 0 saturated heterocycles. The topological polar surface area (TPSA) is 58.9 Å². The minimum absolute atomic E-state index is 0.275. The fourth-order valence-electron chi connectivity index (χ4n) is 1.55. The molecule has 104 valence electrons. The number of sulfone groups is 1. The predicted octanol–water partition coefficient (Wildman–Crippen LogP) is 3.51. The third kappa shape index (κ3) is 3.96. The van der Waals surface area contributed by atoms with Crippen molar-refractivity contribution in [2.45, 2.75) is 11.4 Å². The molecule has 0 aliphatic rings. The molecular formula is C14H13FN2O2S. The average Bonchev–Trinajstić information content (AvgIpc) is 2.41. The molecule has 0 aromatic heterocycles. The average molecular weight is 292 g/mol. The Bertz CT molecular complexity index is 708. The highest BCUT2D eigenvalue weighted by atomic mass is 32.2. The third-order valence-electron chi connectivity index (χ3n) is 2.62. The van der Waals surface area contributed by atoms with Gasteiger partial charge in [-0.3, -0.25) is 0 Å². The van der Waals surface area contributed by atoms with Crippen molar-refractivity contribution in [1.29, 1.82) is 0 Å². The van der Waals surface area contributed by atoms with Crippen LogP contribution in [-0.2, 0) is 16.4 Å². The number of halogens is 1. The number of rotatable bonds is 4. The van der Waals surface area contributed by atoms with Crippen LogP contribution in [0, 0.1) is 5.82 Å². The number of hydrogen-bond acceptors (Lipinski definition) is 4. The van der Waals surface area contributed by atoms with Gasteiger partial charge in [0.1, 0.15) is 5.82 Å². The van der Waals surface area contributed by atoms with Crippen molar-refractivity contribution in [3.63, 3.8) is 0 Å². The van der Waals surface area contributed by atoms with E-state index in [1.807, 2.05) is 0 Å². The minimum atomic E-state index is -3.18. The molecule has 2 aromatic rings. The lowest BCUT2D eigenvalue weighted by molar-refractivity contribution is 0.602. The number of nitrogens with zero attached hydrogens (tertiary/aromatic N) is 2. The van der Waals surface area contributed by atoms with Gasteiger partial charge in [-0.1, -0.05) is 12.1 Å². The highest BCUT2D eigenvalue weighted by Gasteiger charge is 2.05. The molecule has 0 radical (unpaired) electrons. The molecular weight excluding hydrogens is 279 g/mol. The van der Waals surface area contributed by atoms with E-state index >= 15 is 0 Å². The highest BCUT2D eigenvalue weighted by Crippen LogP contribution is 2.15. The first-order valence-electron chi connectivity index (χ1n) is 5.87. The molecule has 2 rings (SSSR count). The van der Waals surface area contributed by atoms with Crippen molar-refractivity contribution in [3.05, 3.63) is 59.9 Å². The standard InChI is InChI=1S/C14H13FN2O2S/c1-20(18,19)14-8-2-11(3-9-14)10-16-17-13-6-4-12(15)5-7-13/h2-9H,10H2,1H3. The van der Waals surface area contributed by atoms with Gasteiger partial charge in [0.05, 0.1) is 17.1 Å². The molecule has 0 saturated carbocycles. The van der Waals surface area contributed by atoms with E-state index in [2.05, 4.69) is 10.2 Å². The van der Waals surface area contributed by atoms with Gasteiger partial charge in [-0.25, -0.2) is 12.8 Å². The fraction of sp³-hybridized carbons (Fsp3) is 0.143. The fourth-order valence-corrected chi connectivity index (χ4v) is 2.18. The quantitative estimate of drug-likeness (QED) is 0.810. The van der Waals surface area contributed by atoms with Crippen LogP contribution < -0.4 is 0 Å². The maximum atomic E-state index is 12.7. The van der Waals surface area contributed by atoms with Crippen molar-refractivity contribution in [2.24, 2.45) is 10.2 Å². The second kappa shape index (κ2) is 5.92. The zero-order chi connectivity index (χ0) is 14.6. The lowest BCUT2D eigenvalue weighted by atomic mass is 10.2. The molecule has 0 spiro atoms. The lowest BCUT2D eigenvalue weighted by Crippen LogP contribution is -1.96. The molecule has 0 aliphatic carbocycles. The SMILES string of the molecule is CS(=O)(=O)c1ccc(CN=Nc2ccc(F)cc2)cc1. The van der Waals surface area contributed by atoms with E-state index in [1.165, 1.54) is 36.4 Å². The van der Waals surface area contributed by atoms with Crippen molar-refractivity contribution < 1.29 is 12.8 Å². The van der Waals surface area contributed by atoms with Crippen LogP contribution in [0.4, 0.5) is 10.1 Å². The Labute approximate surface area is 116 Å². The maximum Gasteiger partial charge on any atom is 0.175 e. The summed E-state index contributed by atoms with van der Waals surface area (Å²) in [6.07, 6.45) is 1.16. The molecule has 0 atom stereocenters. The van der Waals surface area contributed by atoms with Gasteiger partial charge in [0.2, 0.25) is 0 Å². The second-order valence-corrected chi connectivity index (χ2v) is 6.31. The lowest BCUT2D eigenvalue weighted by Gasteiger charge is -1.99. The largest absolute Gasteiger partial charge is 0.224 e. The van der Waals surface area contributed by atoms with E-state index in [1.54, 1.807) is 12.1 Å². The van der Waals surface area contributed by atoms with Crippen LogP contribution in [-0.4, -0.2) is 14.7 Å². The summed E-state index contributed by atoms with van der Waals surface area (Å²) in [5.74, 6) is -0.319. The van der Waals surface area contributed by atoms with Crippen molar-refractivity contribution in [3.8, 4) is 0 Å². The summed E-state index contributed by atoms with van der Waals surface area (Å²) < 4.78 is 35.3. The van der Waals surface area contributed by atoms with Gasteiger partial charge < -0.3 is 0 Å². The summed E-state index contributed by atoms with van der Waals surface area (Å²) in [6, 6.07) is 12.2. The molecule has 4 nitrogen and oxygen atoms in total. The van der Waals surface area contributed by atoms with Gasteiger partial charge in [-0.05, 0) is 42.0 Å². The van der Waals surface area contributed by atoms with Gasteiger partial charge in [-0.15, -0.1) is 0 Å². The van der Waals surface area contributed by atoms with Gasteiger partial charge in [0, 0.05) is 6.26 Å². The van der Waals surface area contributed by atoms with Gasteiger partial charge in [0.15, 0.2) is 9.84 Å². The predicted molar refractivity (Wildman–Crippen MR) is 74.2 cm³/mol. The van der Waals surface area contributed by atoms with Crippen LogP contribution >= 0.6 is 0 Å². The minimum Gasteiger partial charge on any atom is -0.224 e. The Balaban J connectivity index is 2.02. The Morgan fingerprint density at radius 2 is 1.60 bits per heavy atom. The van der Waals surface area contributed by atoms with E-state index < -0.39 is 9.84 Å². The molecule has 0 unspecified atom stereocenters. The molecule has 20 heavy (non-hydrogen) atoms. The Morgan fingerprint density at radius 3 is 2.15 bits per heavy atom. The molecule has 0 heterocycles. The molecule has 0 amide bonds. The molecule has 0 fully saturated rings. The van der Waals surface area contributed by atoms with E-state index in [0.717, 1.165) is 11.8 Å². The monoisotopic (exact) mass is 292 g/mol. The van der Waals surface area contributed by atoms with E-state index in [0.29, 0.717) is 12.2 Å². The van der Waals surface area contributed by atoms with Crippen LogP contribution in [0.5, 0.6) is 0 Å². The van der Waals surface area contributed by atoms with E-state index in [4.69, 9.17) is 0 Å². The number of benzene rings is 2.